The molecular formula is C23H21N5O2. The first-order valence-corrected chi connectivity index (χ1v) is 9.59. The highest BCUT2D eigenvalue weighted by atomic mass is 16.5. The van der Waals surface area contributed by atoms with Gasteiger partial charge in [-0.25, -0.2) is 0 Å². The van der Waals surface area contributed by atoms with Crippen LogP contribution in [0.25, 0.3) is 10.9 Å². The first-order chi connectivity index (χ1) is 14.7. The number of anilines is 2. The first kappa shape index (κ1) is 19.3. The fraction of sp³-hybridized carbons (Fsp3) is 0.130. The first-order valence-electron chi connectivity index (χ1n) is 9.59. The van der Waals surface area contributed by atoms with E-state index < -0.39 is 0 Å². The van der Waals surface area contributed by atoms with Gasteiger partial charge in [-0.3, -0.25) is 9.78 Å². The zero-order valence-corrected chi connectivity index (χ0v) is 16.5. The van der Waals surface area contributed by atoms with Crippen molar-refractivity contribution in [2.24, 2.45) is 0 Å². The average Bonchev–Trinajstić information content (AvgIpc) is 2.80. The minimum Gasteiger partial charge on any atom is -0.496 e. The van der Waals surface area contributed by atoms with E-state index in [1.165, 1.54) is 0 Å². The van der Waals surface area contributed by atoms with Gasteiger partial charge in [0.2, 0.25) is 0 Å². The third kappa shape index (κ3) is 4.35. The number of para-hydroxylation sites is 2. The summed E-state index contributed by atoms with van der Waals surface area (Å²) < 4.78 is 5.33. The van der Waals surface area contributed by atoms with Crippen LogP contribution in [0.15, 0.2) is 72.9 Å². The molecule has 0 bridgehead atoms. The molecule has 7 heteroatoms. The van der Waals surface area contributed by atoms with E-state index in [-0.39, 0.29) is 11.6 Å². The molecule has 0 spiro atoms. The molecule has 4 aromatic rings. The van der Waals surface area contributed by atoms with Crippen LogP contribution in [0.1, 0.15) is 16.1 Å². The Morgan fingerprint density at radius 1 is 0.967 bits per heavy atom. The fourth-order valence-electron chi connectivity index (χ4n) is 3.17. The Bertz CT molecular complexity index is 1160. The summed E-state index contributed by atoms with van der Waals surface area (Å²) in [6.07, 6.45) is 2.41. The van der Waals surface area contributed by atoms with Gasteiger partial charge in [-0.2, -0.15) is 0 Å². The molecule has 30 heavy (non-hydrogen) atoms. The van der Waals surface area contributed by atoms with Gasteiger partial charge in [0, 0.05) is 18.1 Å². The number of benzene rings is 2. The lowest BCUT2D eigenvalue weighted by molar-refractivity contribution is 0.0948. The van der Waals surface area contributed by atoms with Gasteiger partial charge in [0.1, 0.15) is 5.75 Å². The van der Waals surface area contributed by atoms with E-state index in [0.717, 1.165) is 27.9 Å². The Labute approximate surface area is 174 Å². The number of aromatic nitrogens is 3. The Balaban J connectivity index is 1.37. The van der Waals surface area contributed by atoms with E-state index in [4.69, 9.17) is 4.74 Å². The minimum absolute atomic E-state index is 0.261. The Kier molecular flexibility index (Phi) is 5.80. The van der Waals surface area contributed by atoms with Crippen LogP contribution in [-0.2, 0) is 6.42 Å². The number of nitrogens with zero attached hydrogens (tertiary/aromatic N) is 3. The molecule has 2 aromatic carbocycles. The SMILES string of the molecule is COc1ccccc1CCNC(=O)c1ccc(Nc2cccc3cccnc23)nn1. The highest BCUT2D eigenvalue weighted by molar-refractivity contribution is 5.93. The number of rotatable bonds is 7. The highest BCUT2D eigenvalue weighted by Gasteiger charge is 2.10. The number of carbonyl (C=O) groups excluding carboxylic acids is 1. The molecule has 0 aliphatic heterocycles. The average molecular weight is 399 g/mol. The quantitative estimate of drug-likeness (QED) is 0.492. The van der Waals surface area contributed by atoms with Crippen LogP contribution in [0.2, 0.25) is 0 Å². The maximum atomic E-state index is 12.4. The fourth-order valence-corrected chi connectivity index (χ4v) is 3.17. The normalized spacial score (nSPS) is 10.6. The lowest BCUT2D eigenvalue weighted by Gasteiger charge is -2.09. The molecule has 7 nitrogen and oxygen atoms in total. The summed E-state index contributed by atoms with van der Waals surface area (Å²) in [5, 5.41) is 15.3. The van der Waals surface area contributed by atoms with Crippen LogP contribution in [0.4, 0.5) is 11.5 Å². The summed E-state index contributed by atoms with van der Waals surface area (Å²) in [6.45, 7) is 0.475. The third-order valence-corrected chi connectivity index (χ3v) is 4.67. The van der Waals surface area contributed by atoms with E-state index >= 15 is 0 Å². The summed E-state index contributed by atoms with van der Waals surface area (Å²) in [4.78, 5) is 16.8. The van der Waals surface area contributed by atoms with E-state index in [1.54, 1.807) is 25.4 Å². The molecule has 2 aromatic heterocycles. The van der Waals surface area contributed by atoms with E-state index in [1.807, 2.05) is 54.6 Å². The summed E-state index contributed by atoms with van der Waals surface area (Å²) in [5.41, 5.74) is 2.97. The summed E-state index contributed by atoms with van der Waals surface area (Å²) in [5.74, 6) is 1.08. The van der Waals surface area contributed by atoms with Crippen molar-refractivity contribution in [2.45, 2.75) is 6.42 Å². The number of nitrogens with one attached hydrogen (secondary N) is 2. The molecular weight excluding hydrogens is 378 g/mol. The molecule has 0 aliphatic rings. The molecule has 1 amide bonds. The van der Waals surface area contributed by atoms with Crippen molar-refractivity contribution in [3.8, 4) is 5.75 Å². The van der Waals surface area contributed by atoms with Crippen molar-refractivity contribution in [3.05, 3.63) is 84.2 Å². The predicted octanol–water partition coefficient (Wildman–Crippen LogP) is 3.75. The molecule has 0 atom stereocenters. The van der Waals surface area contributed by atoms with Crippen molar-refractivity contribution in [1.29, 1.82) is 0 Å². The number of ether oxygens (including phenoxy) is 1. The summed E-state index contributed by atoms with van der Waals surface area (Å²) in [6, 6.07) is 20.9. The Morgan fingerprint density at radius 2 is 1.83 bits per heavy atom. The third-order valence-electron chi connectivity index (χ3n) is 4.67. The van der Waals surface area contributed by atoms with Crippen molar-refractivity contribution >= 4 is 28.3 Å². The molecule has 0 saturated carbocycles. The number of fused-ring (bicyclic) bond motifs is 1. The zero-order valence-electron chi connectivity index (χ0n) is 16.5. The van der Waals surface area contributed by atoms with Gasteiger partial charge in [0.05, 0.1) is 18.3 Å². The molecule has 0 aliphatic carbocycles. The lowest BCUT2D eigenvalue weighted by atomic mass is 10.1. The van der Waals surface area contributed by atoms with E-state index in [2.05, 4.69) is 25.8 Å². The molecule has 2 heterocycles. The maximum Gasteiger partial charge on any atom is 0.271 e. The molecule has 4 rings (SSSR count). The van der Waals surface area contributed by atoms with Gasteiger partial charge in [0.15, 0.2) is 11.5 Å². The second kappa shape index (κ2) is 9.00. The molecule has 0 radical (unpaired) electrons. The van der Waals surface area contributed by atoms with Crippen LogP contribution in [0, 0.1) is 0 Å². The van der Waals surface area contributed by atoms with Gasteiger partial charge < -0.3 is 15.4 Å². The largest absolute Gasteiger partial charge is 0.496 e. The topological polar surface area (TPSA) is 89.0 Å². The summed E-state index contributed by atoms with van der Waals surface area (Å²) in [7, 11) is 1.64. The highest BCUT2D eigenvalue weighted by Crippen LogP contribution is 2.23. The predicted molar refractivity (Wildman–Crippen MR) is 116 cm³/mol. The van der Waals surface area contributed by atoms with Crippen molar-refractivity contribution < 1.29 is 9.53 Å². The van der Waals surface area contributed by atoms with Crippen LogP contribution in [0.3, 0.4) is 0 Å². The molecule has 0 fully saturated rings. The van der Waals surface area contributed by atoms with Crippen LogP contribution in [-0.4, -0.2) is 34.7 Å². The van der Waals surface area contributed by atoms with Crippen molar-refractivity contribution in [3.63, 3.8) is 0 Å². The number of pyridine rings is 1. The molecule has 2 N–H and O–H groups in total. The number of amides is 1. The lowest BCUT2D eigenvalue weighted by Crippen LogP contribution is -2.26. The van der Waals surface area contributed by atoms with Crippen LogP contribution >= 0.6 is 0 Å². The second-order valence-electron chi connectivity index (χ2n) is 6.63. The Morgan fingerprint density at radius 3 is 2.67 bits per heavy atom. The number of methoxy groups -OCH3 is 1. The number of hydrogen-bond acceptors (Lipinski definition) is 6. The van der Waals surface area contributed by atoms with E-state index in [9.17, 15) is 4.79 Å². The van der Waals surface area contributed by atoms with Crippen LogP contribution in [0.5, 0.6) is 5.75 Å². The summed E-state index contributed by atoms with van der Waals surface area (Å²) >= 11 is 0. The van der Waals surface area contributed by atoms with Gasteiger partial charge in [0.25, 0.3) is 5.91 Å². The van der Waals surface area contributed by atoms with Gasteiger partial charge in [-0.15, -0.1) is 10.2 Å². The van der Waals surface area contributed by atoms with Gasteiger partial charge in [-0.05, 0) is 42.3 Å². The molecule has 0 saturated heterocycles. The maximum absolute atomic E-state index is 12.4. The molecule has 0 unspecified atom stereocenters. The zero-order chi connectivity index (χ0) is 20.8. The van der Waals surface area contributed by atoms with E-state index in [0.29, 0.717) is 18.8 Å². The Hall–Kier alpha value is -4.00. The second-order valence-corrected chi connectivity index (χ2v) is 6.63. The van der Waals surface area contributed by atoms with Crippen molar-refractivity contribution in [1.82, 2.24) is 20.5 Å². The van der Waals surface area contributed by atoms with Gasteiger partial charge >= 0.3 is 0 Å². The van der Waals surface area contributed by atoms with Crippen LogP contribution < -0.4 is 15.4 Å². The number of hydrogen-bond donors (Lipinski definition) is 2. The standard InChI is InChI=1S/C23H21N5O2/c1-30-20-10-3-2-6-16(20)13-15-25-23(29)19-11-12-21(28-27-19)26-18-9-4-7-17-8-5-14-24-22(17)18/h2-12,14H,13,15H2,1H3,(H,25,29)(H,26,28). The minimum atomic E-state index is -0.268. The van der Waals surface area contributed by atoms with Crippen molar-refractivity contribution in [2.75, 3.05) is 19.0 Å². The molecule has 150 valence electrons. The van der Waals surface area contributed by atoms with Gasteiger partial charge in [-0.1, -0.05) is 36.4 Å². The number of carbonyl (C=O) groups is 1. The monoisotopic (exact) mass is 399 g/mol. The smallest absolute Gasteiger partial charge is 0.271 e.